The number of aromatic carboxylic acids is 1. The molecule has 1 amide bonds. The zero-order valence-corrected chi connectivity index (χ0v) is 15.8. The molecule has 0 aliphatic carbocycles. The summed E-state index contributed by atoms with van der Waals surface area (Å²) in [5.74, 6) is -3.77. The fourth-order valence-electron chi connectivity index (χ4n) is 1.87. The molecular formula is C14H12F3N5O7S. The first-order chi connectivity index (χ1) is 13.9. The van der Waals surface area contributed by atoms with Crippen LogP contribution in [0.15, 0.2) is 18.2 Å². The molecule has 3 N–H and O–H groups in total. The fourth-order valence-corrected chi connectivity index (χ4v) is 2.60. The summed E-state index contributed by atoms with van der Waals surface area (Å²) >= 11 is 0. The third kappa shape index (κ3) is 5.22. The summed E-state index contributed by atoms with van der Waals surface area (Å²) in [5, 5.41) is 9.01. The van der Waals surface area contributed by atoms with Crippen LogP contribution < -0.4 is 19.5 Å². The third-order valence-electron chi connectivity index (χ3n) is 3.20. The number of sulfonamides is 1. The van der Waals surface area contributed by atoms with Gasteiger partial charge in [-0.1, -0.05) is 0 Å². The molecule has 2 heterocycles. The Labute approximate surface area is 166 Å². The van der Waals surface area contributed by atoms with Crippen molar-refractivity contribution in [2.45, 2.75) is 6.18 Å². The standard InChI is InChI=1S/C14H12F3N5O7S/c1-28-8-5-9(29-2)20-12(19-8)21-13(25)30(26,27)22-10-6(11(23)24)3-4-7(18-10)14(15,16)17/h3-5H,1-2H3,(H,18,22)(H,23,24)(H,19,20,21,25). The molecule has 0 aliphatic rings. The van der Waals surface area contributed by atoms with Crippen LogP contribution in [0.1, 0.15) is 16.1 Å². The molecule has 2 aromatic rings. The van der Waals surface area contributed by atoms with Crippen LogP contribution in [-0.2, 0) is 16.2 Å². The molecule has 30 heavy (non-hydrogen) atoms. The van der Waals surface area contributed by atoms with Gasteiger partial charge in [-0.3, -0.25) is 14.8 Å². The Morgan fingerprint density at radius 2 is 1.63 bits per heavy atom. The van der Waals surface area contributed by atoms with E-state index < -0.39 is 50.4 Å². The monoisotopic (exact) mass is 451 g/mol. The van der Waals surface area contributed by atoms with Crippen molar-refractivity contribution in [3.05, 3.63) is 29.5 Å². The molecule has 2 aromatic heterocycles. The lowest BCUT2D eigenvalue weighted by molar-refractivity contribution is -0.141. The Hall–Kier alpha value is -3.69. The molecule has 0 unspecified atom stereocenters. The second-order valence-corrected chi connectivity index (χ2v) is 6.77. The molecule has 16 heteroatoms. The number of carboxylic acid groups (broad SMARTS) is 1. The van der Waals surface area contributed by atoms with Crippen LogP contribution in [0.25, 0.3) is 0 Å². The van der Waals surface area contributed by atoms with Crippen LogP contribution in [0, 0.1) is 0 Å². The van der Waals surface area contributed by atoms with Crippen molar-refractivity contribution in [3.8, 4) is 11.8 Å². The van der Waals surface area contributed by atoms with Crippen molar-refractivity contribution in [1.82, 2.24) is 15.0 Å². The number of nitrogens with zero attached hydrogens (tertiary/aromatic N) is 3. The highest BCUT2D eigenvalue weighted by Crippen LogP contribution is 2.30. The first kappa shape index (κ1) is 22.6. The molecule has 0 radical (unpaired) electrons. The number of ether oxygens (including phenoxy) is 2. The third-order valence-corrected chi connectivity index (χ3v) is 4.25. The first-order valence-electron chi connectivity index (χ1n) is 7.49. The van der Waals surface area contributed by atoms with E-state index >= 15 is 0 Å². The summed E-state index contributed by atoms with van der Waals surface area (Å²) in [7, 11) is -2.68. The molecule has 0 bridgehead atoms. The van der Waals surface area contributed by atoms with Crippen LogP contribution in [0.3, 0.4) is 0 Å². The van der Waals surface area contributed by atoms with Gasteiger partial charge in [-0.2, -0.15) is 31.6 Å². The highest BCUT2D eigenvalue weighted by atomic mass is 32.2. The summed E-state index contributed by atoms with van der Waals surface area (Å²) < 4.78 is 73.9. The molecule has 0 aromatic carbocycles. The van der Waals surface area contributed by atoms with E-state index in [1.54, 1.807) is 5.32 Å². The Kier molecular flexibility index (Phi) is 6.29. The summed E-state index contributed by atoms with van der Waals surface area (Å²) in [5.41, 5.74) is -2.50. The van der Waals surface area contributed by atoms with E-state index in [1.807, 2.05) is 0 Å². The van der Waals surface area contributed by atoms with E-state index in [0.29, 0.717) is 12.1 Å². The summed E-state index contributed by atoms with van der Waals surface area (Å²) in [6.45, 7) is 0. The van der Waals surface area contributed by atoms with E-state index in [4.69, 9.17) is 14.6 Å². The summed E-state index contributed by atoms with van der Waals surface area (Å²) in [6, 6.07) is 2.05. The highest BCUT2D eigenvalue weighted by molar-refractivity contribution is 8.07. The van der Waals surface area contributed by atoms with Crippen molar-refractivity contribution in [1.29, 1.82) is 0 Å². The number of amides is 1. The van der Waals surface area contributed by atoms with Gasteiger partial charge in [-0.05, 0) is 12.1 Å². The van der Waals surface area contributed by atoms with Gasteiger partial charge in [-0.25, -0.2) is 9.78 Å². The number of pyridine rings is 1. The maximum Gasteiger partial charge on any atom is 0.433 e. The van der Waals surface area contributed by atoms with Crippen molar-refractivity contribution in [2.24, 2.45) is 0 Å². The fraction of sp³-hybridized carbons (Fsp3) is 0.214. The number of hydrogen-bond acceptors (Lipinski definition) is 9. The summed E-state index contributed by atoms with van der Waals surface area (Å²) in [4.78, 5) is 33.5. The van der Waals surface area contributed by atoms with Crippen LogP contribution in [0.5, 0.6) is 11.8 Å². The number of rotatable bonds is 6. The lowest BCUT2D eigenvalue weighted by atomic mass is 10.2. The molecule has 0 atom stereocenters. The second-order valence-electron chi connectivity index (χ2n) is 5.19. The minimum atomic E-state index is -5.12. The molecule has 2 rings (SSSR count). The van der Waals surface area contributed by atoms with Gasteiger partial charge < -0.3 is 14.6 Å². The topological polar surface area (TPSA) is 170 Å². The quantitative estimate of drug-likeness (QED) is 0.586. The van der Waals surface area contributed by atoms with E-state index in [0.717, 1.165) is 0 Å². The molecule has 0 saturated heterocycles. The van der Waals surface area contributed by atoms with E-state index in [2.05, 4.69) is 15.0 Å². The first-order valence-corrected chi connectivity index (χ1v) is 8.98. The maximum absolute atomic E-state index is 12.8. The molecule has 0 aliphatic heterocycles. The SMILES string of the molecule is COc1cc(OC)nc(NC(=O)S(=O)(=O)Nc2nc(C(F)(F)F)ccc2C(=O)O)n1. The largest absolute Gasteiger partial charge is 0.481 e. The van der Waals surface area contributed by atoms with Gasteiger partial charge in [0.25, 0.3) is 0 Å². The normalized spacial score (nSPS) is 11.5. The van der Waals surface area contributed by atoms with Crippen molar-refractivity contribution in [3.63, 3.8) is 0 Å². The lowest BCUT2D eigenvalue weighted by Gasteiger charge is -2.12. The Morgan fingerprint density at radius 1 is 1.07 bits per heavy atom. The van der Waals surface area contributed by atoms with Crippen LogP contribution >= 0.6 is 0 Å². The van der Waals surface area contributed by atoms with E-state index in [9.17, 15) is 31.2 Å². The number of halogens is 3. The minimum Gasteiger partial charge on any atom is -0.481 e. The Bertz CT molecular complexity index is 1070. The lowest BCUT2D eigenvalue weighted by Crippen LogP contribution is -2.30. The minimum absolute atomic E-state index is 0.102. The molecule has 0 saturated carbocycles. The zero-order valence-electron chi connectivity index (χ0n) is 15.0. The molecule has 0 fully saturated rings. The number of carbonyl (C=O) groups excluding carboxylic acids is 1. The average molecular weight is 451 g/mol. The van der Waals surface area contributed by atoms with Crippen molar-refractivity contribution >= 4 is 33.0 Å². The van der Waals surface area contributed by atoms with Crippen LogP contribution in [-0.4, -0.2) is 53.9 Å². The van der Waals surface area contributed by atoms with Crippen LogP contribution in [0.4, 0.5) is 29.7 Å². The predicted octanol–water partition coefficient (Wildman–Crippen LogP) is 1.58. The number of carbonyl (C=O) groups is 2. The predicted molar refractivity (Wildman–Crippen MR) is 92.9 cm³/mol. The smallest absolute Gasteiger partial charge is 0.433 e. The Balaban J connectivity index is 2.36. The van der Waals surface area contributed by atoms with Gasteiger partial charge in [0.15, 0.2) is 5.82 Å². The number of methoxy groups -OCH3 is 2. The number of alkyl halides is 3. The maximum atomic E-state index is 12.8. The average Bonchev–Trinajstić information content (AvgIpc) is 2.66. The van der Waals surface area contributed by atoms with E-state index in [1.165, 1.54) is 25.0 Å². The number of hydrogen-bond donors (Lipinski definition) is 3. The van der Waals surface area contributed by atoms with Crippen molar-refractivity contribution < 1.29 is 45.8 Å². The number of nitrogens with one attached hydrogen (secondary N) is 2. The second kappa shape index (κ2) is 8.36. The van der Waals surface area contributed by atoms with Gasteiger partial charge >= 0.3 is 27.4 Å². The van der Waals surface area contributed by atoms with E-state index in [-0.39, 0.29) is 11.8 Å². The van der Waals surface area contributed by atoms with Gasteiger partial charge in [0, 0.05) is 0 Å². The summed E-state index contributed by atoms with van der Waals surface area (Å²) in [6.07, 6.45) is -5.00. The number of anilines is 2. The van der Waals surface area contributed by atoms with Gasteiger partial charge in [0.2, 0.25) is 17.7 Å². The van der Waals surface area contributed by atoms with Crippen LogP contribution in [0.2, 0.25) is 0 Å². The van der Waals surface area contributed by atoms with Gasteiger partial charge in [0.1, 0.15) is 11.3 Å². The van der Waals surface area contributed by atoms with Gasteiger partial charge in [-0.15, -0.1) is 0 Å². The van der Waals surface area contributed by atoms with Gasteiger partial charge in [0.05, 0.1) is 20.3 Å². The molecular weight excluding hydrogens is 439 g/mol. The zero-order chi connectivity index (χ0) is 22.7. The molecule has 162 valence electrons. The molecule has 12 nitrogen and oxygen atoms in total. The Morgan fingerprint density at radius 3 is 2.10 bits per heavy atom. The van der Waals surface area contributed by atoms with Crippen molar-refractivity contribution in [2.75, 3.05) is 24.3 Å². The number of carboxylic acids is 1. The molecule has 0 spiro atoms. The number of aromatic nitrogens is 3. The highest BCUT2D eigenvalue weighted by Gasteiger charge is 2.35.